The molecule has 0 fully saturated rings. The zero-order chi connectivity index (χ0) is 18.0. The first kappa shape index (κ1) is 17.5. The lowest BCUT2D eigenvalue weighted by atomic mass is 10.1. The van der Waals surface area contributed by atoms with Crippen LogP contribution in [-0.4, -0.2) is 20.3 Å². The van der Waals surface area contributed by atoms with E-state index in [1.165, 1.54) is 0 Å². The van der Waals surface area contributed by atoms with Crippen molar-refractivity contribution < 1.29 is 4.79 Å². The molecule has 0 spiro atoms. The molecule has 25 heavy (non-hydrogen) atoms. The number of nitrogens with one attached hydrogen (secondary N) is 1. The Bertz CT molecular complexity index is 833. The fourth-order valence-electron chi connectivity index (χ4n) is 2.64. The Balaban J connectivity index is 1.66. The highest BCUT2D eigenvalue weighted by Gasteiger charge is 2.19. The minimum absolute atomic E-state index is 0.0583. The fourth-order valence-corrected chi connectivity index (χ4v) is 2.93. The maximum atomic E-state index is 12.5. The first-order chi connectivity index (χ1) is 12.0. The predicted octanol–water partition coefficient (Wildman–Crippen LogP) is 4.18. The van der Waals surface area contributed by atoms with Crippen molar-refractivity contribution in [3.05, 3.63) is 70.7 Å². The molecule has 0 saturated heterocycles. The van der Waals surface area contributed by atoms with Gasteiger partial charge in [0.05, 0.1) is 16.2 Å². The minimum atomic E-state index is -0.369. The van der Waals surface area contributed by atoms with Crippen molar-refractivity contribution in [2.75, 3.05) is 0 Å². The Morgan fingerprint density at radius 3 is 2.36 bits per heavy atom. The van der Waals surface area contributed by atoms with Gasteiger partial charge in [-0.1, -0.05) is 12.1 Å². The molecule has 0 unspecified atom stereocenters. The summed E-state index contributed by atoms with van der Waals surface area (Å²) in [6.07, 6.45) is 5.84. The number of benzene rings is 1. The van der Waals surface area contributed by atoms with Crippen LogP contribution in [0.15, 0.2) is 59.5 Å². The van der Waals surface area contributed by atoms with Gasteiger partial charge in [-0.15, -0.1) is 0 Å². The molecule has 3 rings (SSSR count). The highest BCUT2D eigenvalue weighted by Crippen LogP contribution is 2.19. The van der Waals surface area contributed by atoms with Crippen molar-refractivity contribution in [2.24, 2.45) is 0 Å². The molecule has 2 atom stereocenters. The molecule has 2 aromatic heterocycles. The molecule has 130 valence electrons. The average molecular weight is 401 g/mol. The predicted molar refractivity (Wildman–Crippen MR) is 102 cm³/mol. The summed E-state index contributed by atoms with van der Waals surface area (Å²) in [5.41, 5.74) is 3.03. The summed E-state index contributed by atoms with van der Waals surface area (Å²) in [7, 11) is 0. The molecule has 5 nitrogen and oxygen atoms in total. The van der Waals surface area contributed by atoms with E-state index in [0.717, 1.165) is 21.4 Å². The molecule has 0 bridgehead atoms. The summed E-state index contributed by atoms with van der Waals surface area (Å²) in [4.78, 5) is 12.5. The maximum absolute atomic E-state index is 12.5. The van der Waals surface area contributed by atoms with Gasteiger partial charge in [-0.3, -0.25) is 9.48 Å². The Kier molecular flexibility index (Phi) is 5.08. The third-order valence-corrected chi connectivity index (χ3v) is 5.07. The molecule has 0 radical (unpaired) electrons. The molecule has 0 saturated carbocycles. The van der Waals surface area contributed by atoms with Crippen LogP contribution in [0.4, 0.5) is 0 Å². The number of hydrogen-bond acceptors (Lipinski definition) is 2. The van der Waals surface area contributed by atoms with E-state index < -0.39 is 0 Å². The summed E-state index contributed by atoms with van der Waals surface area (Å²) in [6, 6.07) is 11.7. The van der Waals surface area contributed by atoms with Crippen LogP contribution in [0.25, 0.3) is 5.69 Å². The number of halogens is 1. The normalized spacial score (nSPS) is 13.4. The van der Waals surface area contributed by atoms with Gasteiger partial charge in [0.25, 0.3) is 0 Å². The maximum Gasteiger partial charge on any atom is 0.245 e. The van der Waals surface area contributed by atoms with Crippen LogP contribution in [0.1, 0.15) is 37.2 Å². The number of aryl methyl sites for hydroxylation is 1. The third kappa shape index (κ3) is 3.85. The van der Waals surface area contributed by atoms with Crippen molar-refractivity contribution >= 4 is 21.8 Å². The fraction of sp³-hybridized carbons (Fsp3) is 0.263. The minimum Gasteiger partial charge on any atom is -0.348 e. The zero-order valence-electron chi connectivity index (χ0n) is 14.5. The van der Waals surface area contributed by atoms with Crippen LogP contribution < -0.4 is 5.32 Å². The van der Waals surface area contributed by atoms with Crippen LogP contribution in [0, 0.1) is 6.92 Å². The van der Waals surface area contributed by atoms with E-state index in [0.29, 0.717) is 0 Å². The number of nitrogens with zero attached hydrogens (tertiary/aromatic N) is 3. The molecule has 0 aliphatic heterocycles. The lowest BCUT2D eigenvalue weighted by Gasteiger charge is -2.18. The van der Waals surface area contributed by atoms with Crippen molar-refractivity contribution in [3.8, 4) is 5.69 Å². The molecule has 6 heteroatoms. The number of rotatable bonds is 5. The van der Waals surface area contributed by atoms with Crippen molar-refractivity contribution in [2.45, 2.75) is 32.9 Å². The lowest BCUT2D eigenvalue weighted by Crippen LogP contribution is -2.33. The van der Waals surface area contributed by atoms with E-state index in [-0.39, 0.29) is 18.0 Å². The number of amides is 1. The van der Waals surface area contributed by atoms with Gasteiger partial charge in [0.1, 0.15) is 6.04 Å². The number of carbonyl (C=O) groups is 1. The lowest BCUT2D eigenvalue weighted by molar-refractivity contribution is -0.124. The Morgan fingerprint density at radius 2 is 1.80 bits per heavy atom. The molecule has 0 aliphatic carbocycles. The Hall–Kier alpha value is -2.34. The molecule has 2 heterocycles. The highest BCUT2D eigenvalue weighted by atomic mass is 79.9. The number of aromatic nitrogens is 3. The van der Waals surface area contributed by atoms with E-state index in [9.17, 15) is 4.79 Å². The van der Waals surface area contributed by atoms with Crippen molar-refractivity contribution in [1.29, 1.82) is 0 Å². The second-order valence-electron chi connectivity index (χ2n) is 6.13. The molecule has 3 aromatic rings. The molecular formula is C19H21BrN4O. The van der Waals surface area contributed by atoms with Crippen LogP contribution in [0.3, 0.4) is 0 Å². The number of hydrogen-bond donors (Lipinski definition) is 1. The van der Waals surface area contributed by atoms with Gasteiger partial charge in [-0.25, -0.2) is 0 Å². The van der Waals surface area contributed by atoms with E-state index in [1.807, 2.05) is 68.2 Å². The van der Waals surface area contributed by atoms with Crippen LogP contribution in [-0.2, 0) is 4.79 Å². The number of carbonyl (C=O) groups excluding carboxylic acids is 1. The van der Waals surface area contributed by atoms with E-state index in [2.05, 4.69) is 38.5 Å². The standard InChI is InChI=1S/C19H21BrN4O/c1-13(16-6-8-17(9-7-16)23-10-4-5-11-23)21-19(25)15(3)24-12-18(20)14(2)22-24/h4-13,15H,1-3H3,(H,21,25)/t13-,15+/m0/s1. The summed E-state index contributed by atoms with van der Waals surface area (Å²) in [5, 5.41) is 7.41. The second kappa shape index (κ2) is 7.27. The van der Waals surface area contributed by atoms with Gasteiger partial charge in [0, 0.05) is 24.3 Å². The zero-order valence-corrected chi connectivity index (χ0v) is 16.1. The highest BCUT2D eigenvalue weighted by molar-refractivity contribution is 9.10. The molecule has 1 aromatic carbocycles. The van der Waals surface area contributed by atoms with Gasteiger partial charge in [-0.05, 0) is 66.5 Å². The summed E-state index contributed by atoms with van der Waals surface area (Å²) >= 11 is 3.43. The first-order valence-electron chi connectivity index (χ1n) is 8.20. The van der Waals surface area contributed by atoms with Crippen LogP contribution in [0.5, 0.6) is 0 Å². The largest absolute Gasteiger partial charge is 0.348 e. The SMILES string of the molecule is Cc1nn([C@H](C)C(=O)N[C@@H](C)c2ccc(-n3cccc3)cc2)cc1Br. The smallest absolute Gasteiger partial charge is 0.245 e. The van der Waals surface area contributed by atoms with Crippen molar-refractivity contribution in [1.82, 2.24) is 19.7 Å². The summed E-state index contributed by atoms with van der Waals surface area (Å²) in [5.74, 6) is -0.0583. The van der Waals surface area contributed by atoms with E-state index in [1.54, 1.807) is 4.68 Å². The van der Waals surface area contributed by atoms with E-state index >= 15 is 0 Å². The Morgan fingerprint density at radius 1 is 1.16 bits per heavy atom. The topological polar surface area (TPSA) is 51.9 Å². The van der Waals surface area contributed by atoms with Gasteiger partial charge in [-0.2, -0.15) is 5.10 Å². The van der Waals surface area contributed by atoms with Crippen molar-refractivity contribution in [3.63, 3.8) is 0 Å². The van der Waals surface area contributed by atoms with Gasteiger partial charge < -0.3 is 9.88 Å². The van der Waals surface area contributed by atoms with Gasteiger partial charge in [0.2, 0.25) is 5.91 Å². The molecule has 0 aliphatic rings. The molecule has 1 amide bonds. The average Bonchev–Trinajstić information content (AvgIpc) is 3.25. The Labute approximate surface area is 155 Å². The monoisotopic (exact) mass is 400 g/mol. The van der Waals surface area contributed by atoms with Crippen LogP contribution in [0.2, 0.25) is 0 Å². The first-order valence-corrected chi connectivity index (χ1v) is 9.00. The third-order valence-electron chi connectivity index (χ3n) is 4.29. The quantitative estimate of drug-likeness (QED) is 0.697. The van der Waals surface area contributed by atoms with E-state index in [4.69, 9.17) is 0 Å². The van der Waals surface area contributed by atoms with Crippen LogP contribution >= 0.6 is 15.9 Å². The summed E-state index contributed by atoms with van der Waals surface area (Å²) < 4.78 is 4.63. The second-order valence-corrected chi connectivity index (χ2v) is 6.98. The molecule has 1 N–H and O–H groups in total. The van der Waals surface area contributed by atoms with Gasteiger partial charge in [0.15, 0.2) is 0 Å². The summed E-state index contributed by atoms with van der Waals surface area (Å²) in [6.45, 7) is 5.73. The molecular weight excluding hydrogens is 380 g/mol. The van der Waals surface area contributed by atoms with Gasteiger partial charge >= 0.3 is 0 Å².